The number of halogens is 1. The summed E-state index contributed by atoms with van der Waals surface area (Å²) in [4.78, 5) is 51.3. The number of aromatic nitrogens is 2. The number of ether oxygens (including phenoxy) is 2. The fraction of sp³-hybridized carbons (Fsp3) is 0.250. The lowest BCUT2D eigenvalue weighted by Crippen LogP contribution is -2.38. The third kappa shape index (κ3) is 4.96. The Hall–Kier alpha value is -3.66. The first-order valence-corrected chi connectivity index (χ1v) is 11.4. The largest absolute Gasteiger partial charge is 0.461 e. The zero-order chi connectivity index (χ0) is 24.2. The van der Waals surface area contributed by atoms with Crippen LogP contribution in [0.25, 0.3) is 0 Å². The quantitative estimate of drug-likeness (QED) is 0.536. The fourth-order valence-electron chi connectivity index (χ4n) is 3.55. The lowest BCUT2D eigenvalue weighted by molar-refractivity contribution is -0.00135. The molecule has 0 spiro atoms. The van der Waals surface area contributed by atoms with Crippen LogP contribution in [0.4, 0.5) is 4.39 Å². The first-order chi connectivity index (χ1) is 16.3. The molecule has 1 aliphatic heterocycles. The Labute approximate surface area is 197 Å². The maximum Gasteiger partial charge on any atom is 0.338 e. The van der Waals surface area contributed by atoms with Gasteiger partial charge in [-0.05, 0) is 31.2 Å². The molecule has 0 amide bonds. The van der Waals surface area contributed by atoms with Crippen LogP contribution in [0, 0.1) is 6.92 Å². The van der Waals surface area contributed by atoms with E-state index in [4.69, 9.17) is 9.47 Å². The van der Waals surface area contributed by atoms with Gasteiger partial charge < -0.3 is 9.47 Å². The lowest BCUT2D eigenvalue weighted by atomic mass is 10.1. The summed E-state index contributed by atoms with van der Waals surface area (Å²) in [7, 11) is 0. The molecule has 4 rings (SSSR count). The van der Waals surface area contributed by atoms with Crippen molar-refractivity contribution in [2.24, 2.45) is 0 Å². The number of carbonyl (C=O) groups is 2. The van der Waals surface area contributed by atoms with Crippen LogP contribution < -0.4 is 11.2 Å². The molecule has 1 fully saturated rings. The number of rotatable bonds is 6. The number of esters is 2. The van der Waals surface area contributed by atoms with Gasteiger partial charge in [-0.1, -0.05) is 36.4 Å². The average Bonchev–Trinajstić information content (AvgIpc) is 3.15. The number of thioether (sulfide) groups is 1. The molecular weight excluding hydrogens is 463 g/mol. The number of hydrogen-bond acceptors (Lipinski definition) is 7. The van der Waals surface area contributed by atoms with Crippen molar-refractivity contribution in [2.45, 2.75) is 29.8 Å². The van der Waals surface area contributed by atoms with Crippen LogP contribution in [0.1, 0.15) is 31.7 Å². The molecular formula is C24H21FN2O6S. The maximum absolute atomic E-state index is 15.6. The molecule has 176 valence electrons. The molecule has 4 atom stereocenters. The molecule has 3 aromatic rings. The van der Waals surface area contributed by atoms with Crippen molar-refractivity contribution in [1.29, 1.82) is 0 Å². The van der Waals surface area contributed by atoms with E-state index in [1.165, 1.54) is 25.3 Å². The van der Waals surface area contributed by atoms with E-state index in [1.54, 1.807) is 48.5 Å². The standard InChI is InChI=1S/C24H21FN2O6S/c1-14-12-27(24(31)26-20(14)28)21-18(25)19(33-23(30)16-10-6-3-7-11-16)17(34-21)13-32-22(29)15-8-4-2-5-9-15/h2-12,17-19,21H,13H2,1H3,(H,26,28,31)/t17-,18+,19-,21+/m1/s1. The van der Waals surface area contributed by atoms with E-state index in [0.29, 0.717) is 5.56 Å². The summed E-state index contributed by atoms with van der Waals surface area (Å²) < 4.78 is 27.6. The van der Waals surface area contributed by atoms with Crippen molar-refractivity contribution in [1.82, 2.24) is 9.55 Å². The molecule has 1 aromatic heterocycles. The third-order valence-electron chi connectivity index (χ3n) is 5.33. The average molecular weight is 485 g/mol. The predicted molar refractivity (Wildman–Crippen MR) is 124 cm³/mol. The number of aromatic amines is 1. The van der Waals surface area contributed by atoms with Gasteiger partial charge in [0.15, 0.2) is 12.3 Å². The molecule has 1 saturated heterocycles. The number of benzene rings is 2. The number of carbonyl (C=O) groups excluding carboxylic acids is 2. The molecule has 0 unspecified atom stereocenters. The van der Waals surface area contributed by atoms with E-state index in [-0.39, 0.29) is 17.7 Å². The van der Waals surface area contributed by atoms with Crippen LogP contribution in [-0.2, 0) is 9.47 Å². The molecule has 10 heteroatoms. The molecule has 1 aliphatic rings. The van der Waals surface area contributed by atoms with Crippen molar-refractivity contribution in [3.8, 4) is 0 Å². The first-order valence-electron chi connectivity index (χ1n) is 10.4. The second-order valence-electron chi connectivity index (χ2n) is 7.69. The summed E-state index contributed by atoms with van der Waals surface area (Å²) in [5.41, 5.74) is -0.570. The Balaban J connectivity index is 1.59. The molecule has 8 nitrogen and oxygen atoms in total. The number of hydrogen-bond donors (Lipinski definition) is 1. The lowest BCUT2D eigenvalue weighted by Gasteiger charge is -2.21. The highest BCUT2D eigenvalue weighted by Gasteiger charge is 2.49. The van der Waals surface area contributed by atoms with Gasteiger partial charge in [-0.2, -0.15) is 0 Å². The van der Waals surface area contributed by atoms with Gasteiger partial charge in [-0.3, -0.25) is 14.3 Å². The van der Waals surface area contributed by atoms with Crippen LogP contribution in [0.15, 0.2) is 76.4 Å². The van der Waals surface area contributed by atoms with Gasteiger partial charge in [0.2, 0.25) is 0 Å². The summed E-state index contributed by atoms with van der Waals surface area (Å²) in [6.07, 6.45) is -1.84. The van der Waals surface area contributed by atoms with E-state index in [0.717, 1.165) is 16.3 Å². The summed E-state index contributed by atoms with van der Waals surface area (Å²) >= 11 is 0.995. The van der Waals surface area contributed by atoms with Crippen LogP contribution >= 0.6 is 11.8 Å². The molecule has 0 radical (unpaired) electrons. The Morgan fingerprint density at radius 1 is 1.00 bits per heavy atom. The molecule has 1 N–H and O–H groups in total. The molecule has 2 heterocycles. The van der Waals surface area contributed by atoms with Gasteiger partial charge in [0.25, 0.3) is 5.56 Å². The summed E-state index contributed by atoms with van der Waals surface area (Å²) in [5.74, 6) is -1.34. The Bertz CT molecular complexity index is 1290. The number of aryl methyl sites for hydroxylation is 1. The highest BCUT2D eigenvalue weighted by Crippen LogP contribution is 2.45. The molecule has 34 heavy (non-hydrogen) atoms. The highest BCUT2D eigenvalue weighted by atomic mass is 32.2. The normalized spacial score (nSPS) is 21.7. The van der Waals surface area contributed by atoms with E-state index in [9.17, 15) is 19.2 Å². The smallest absolute Gasteiger partial charge is 0.338 e. The number of alkyl halides is 1. The van der Waals surface area contributed by atoms with Crippen LogP contribution in [0.5, 0.6) is 0 Å². The second kappa shape index (κ2) is 10.1. The minimum absolute atomic E-state index is 0.226. The van der Waals surface area contributed by atoms with Crippen molar-refractivity contribution in [3.63, 3.8) is 0 Å². The van der Waals surface area contributed by atoms with Crippen molar-refractivity contribution >= 4 is 23.7 Å². The molecule has 2 aromatic carbocycles. The van der Waals surface area contributed by atoms with Gasteiger partial charge in [-0.25, -0.2) is 18.8 Å². The summed E-state index contributed by atoms with van der Waals surface area (Å²) in [5, 5.41) is -1.89. The fourth-order valence-corrected chi connectivity index (χ4v) is 5.01. The molecule has 0 saturated carbocycles. The van der Waals surface area contributed by atoms with Gasteiger partial charge in [0, 0.05) is 11.8 Å². The van der Waals surface area contributed by atoms with E-state index >= 15 is 4.39 Å². The van der Waals surface area contributed by atoms with Crippen molar-refractivity contribution < 1.29 is 23.5 Å². The Morgan fingerprint density at radius 2 is 1.59 bits per heavy atom. The van der Waals surface area contributed by atoms with Gasteiger partial charge in [0.1, 0.15) is 12.0 Å². The topological polar surface area (TPSA) is 107 Å². The highest BCUT2D eigenvalue weighted by molar-refractivity contribution is 8.00. The van der Waals surface area contributed by atoms with E-state index < -0.39 is 46.1 Å². The van der Waals surface area contributed by atoms with E-state index in [1.807, 2.05) is 0 Å². The maximum atomic E-state index is 15.6. The van der Waals surface area contributed by atoms with Crippen LogP contribution in [0.3, 0.4) is 0 Å². The number of H-pyrrole nitrogens is 1. The molecule has 0 aliphatic carbocycles. The SMILES string of the molecule is Cc1cn([C@H]2S[C@H](COC(=O)c3ccccc3)[C@@H](OC(=O)c3ccccc3)[C@@H]2F)c(=O)[nH]c1=O. The first kappa shape index (κ1) is 23.5. The van der Waals surface area contributed by atoms with Crippen molar-refractivity contribution in [3.05, 3.63) is 104 Å². The van der Waals surface area contributed by atoms with E-state index in [2.05, 4.69) is 4.98 Å². The minimum Gasteiger partial charge on any atom is -0.461 e. The van der Waals surface area contributed by atoms with Crippen LogP contribution in [0.2, 0.25) is 0 Å². The van der Waals surface area contributed by atoms with Gasteiger partial charge >= 0.3 is 17.6 Å². The Kier molecular flexibility index (Phi) is 6.97. The summed E-state index contributed by atoms with van der Waals surface area (Å²) in [6, 6.07) is 16.4. The van der Waals surface area contributed by atoms with Gasteiger partial charge in [-0.15, -0.1) is 11.8 Å². The number of nitrogens with one attached hydrogen (secondary N) is 1. The zero-order valence-corrected chi connectivity index (χ0v) is 18.9. The van der Waals surface area contributed by atoms with Gasteiger partial charge in [0.05, 0.1) is 16.4 Å². The monoisotopic (exact) mass is 484 g/mol. The van der Waals surface area contributed by atoms with Crippen molar-refractivity contribution in [2.75, 3.05) is 6.61 Å². The van der Waals surface area contributed by atoms with Crippen LogP contribution in [-0.4, -0.2) is 45.6 Å². The minimum atomic E-state index is -1.80. The predicted octanol–water partition coefficient (Wildman–Crippen LogP) is 2.88. The number of nitrogens with zero attached hydrogens (tertiary/aromatic N) is 1. The Morgan fingerprint density at radius 3 is 2.21 bits per heavy atom. The second-order valence-corrected chi connectivity index (χ2v) is 9.05. The molecule has 0 bridgehead atoms. The zero-order valence-electron chi connectivity index (χ0n) is 18.1. The third-order valence-corrected chi connectivity index (χ3v) is 6.85. The summed E-state index contributed by atoms with van der Waals surface area (Å²) in [6.45, 7) is 1.24.